The van der Waals surface area contributed by atoms with Crippen LogP contribution in [0.1, 0.15) is 11.1 Å². The minimum atomic E-state index is -3.82. The van der Waals surface area contributed by atoms with Crippen LogP contribution in [0.15, 0.2) is 77.8 Å². The number of aryl methyl sites for hydroxylation is 1. The minimum Gasteiger partial charge on any atom is -0.283 e. The van der Waals surface area contributed by atoms with Crippen LogP contribution < -0.4 is 9.44 Å². The van der Waals surface area contributed by atoms with Gasteiger partial charge in [-0.2, -0.15) is 0 Å². The van der Waals surface area contributed by atoms with Gasteiger partial charge in [0.2, 0.25) is 10.0 Å². The summed E-state index contributed by atoms with van der Waals surface area (Å²) in [4.78, 5) is 3.92. The first-order valence-corrected chi connectivity index (χ1v) is 11.5. The van der Waals surface area contributed by atoms with E-state index >= 15 is 0 Å². The van der Waals surface area contributed by atoms with Crippen LogP contribution in [0.25, 0.3) is 0 Å². The third-order valence-electron chi connectivity index (χ3n) is 3.78. The van der Waals surface area contributed by atoms with Crippen molar-refractivity contribution in [2.24, 2.45) is 0 Å². The Hall–Kier alpha value is -2.91. The van der Waals surface area contributed by atoms with Crippen molar-refractivity contribution < 1.29 is 16.8 Å². The molecule has 0 aliphatic carbocycles. The molecule has 0 radical (unpaired) electrons. The molecule has 0 saturated heterocycles. The van der Waals surface area contributed by atoms with E-state index in [-0.39, 0.29) is 22.2 Å². The lowest BCUT2D eigenvalue weighted by molar-refractivity contribution is 0.599. The summed E-state index contributed by atoms with van der Waals surface area (Å²) in [6.45, 7) is 1.89. The number of sulfonamides is 2. The summed E-state index contributed by atoms with van der Waals surface area (Å²) >= 11 is 0. The molecule has 1 heterocycles. The molecule has 0 fully saturated rings. The molecule has 0 bridgehead atoms. The zero-order valence-corrected chi connectivity index (χ0v) is 16.7. The molecule has 0 unspecified atom stereocenters. The fourth-order valence-corrected chi connectivity index (χ4v) is 4.75. The molecule has 2 N–H and O–H groups in total. The molecule has 2 aromatic carbocycles. The van der Waals surface area contributed by atoms with E-state index in [1.807, 2.05) is 13.0 Å². The van der Waals surface area contributed by atoms with Gasteiger partial charge in [0, 0.05) is 11.9 Å². The Balaban J connectivity index is 1.71. The number of nitrogens with one attached hydrogen (secondary N) is 2. The molecule has 1 aromatic heterocycles. The highest BCUT2D eigenvalue weighted by Gasteiger charge is 2.16. The highest BCUT2D eigenvalue weighted by Crippen LogP contribution is 2.19. The average Bonchev–Trinajstić information content (AvgIpc) is 2.62. The highest BCUT2D eigenvalue weighted by molar-refractivity contribution is 7.92. The molecular weight excluding hydrogens is 398 g/mol. The number of rotatable bonds is 7. The maximum atomic E-state index is 12.4. The first kappa shape index (κ1) is 19.8. The summed E-state index contributed by atoms with van der Waals surface area (Å²) in [5, 5.41) is 0. The Labute approximate surface area is 164 Å². The molecule has 0 saturated carbocycles. The molecule has 146 valence electrons. The van der Waals surface area contributed by atoms with Gasteiger partial charge < -0.3 is 0 Å². The van der Waals surface area contributed by atoms with Gasteiger partial charge in [0.15, 0.2) is 0 Å². The quantitative estimate of drug-likeness (QED) is 0.614. The second-order valence-corrected chi connectivity index (χ2v) is 9.60. The predicted octanol–water partition coefficient (Wildman–Crippen LogP) is 3.13. The van der Waals surface area contributed by atoms with Crippen molar-refractivity contribution in [1.29, 1.82) is 0 Å². The van der Waals surface area contributed by atoms with Crippen molar-refractivity contribution in [3.05, 3.63) is 84.1 Å². The van der Waals surface area contributed by atoms with E-state index in [2.05, 4.69) is 14.4 Å². The second-order valence-electron chi connectivity index (χ2n) is 6.20. The van der Waals surface area contributed by atoms with Crippen LogP contribution in [0.5, 0.6) is 0 Å². The van der Waals surface area contributed by atoms with Gasteiger partial charge in [-0.25, -0.2) is 21.8 Å². The number of pyridine rings is 1. The van der Waals surface area contributed by atoms with Crippen molar-refractivity contribution in [2.75, 3.05) is 9.44 Å². The van der Waals surface area contributed by atoms with Gasteiger partial charge in [0.1, 0.15) is 5.82 Å². The monoisotopic (exact) mass is 417 g/mol. The molecule has 3 rings (SSSR count). The number of anilines is 2. The number of hydrogen-bond acceptors (Lipinski definition) is 5. The highest BCUT2D eigenvalue weighted by atomic mass is 32.2. The topological polar surface area (TPSA) is 105 Å². The third-order valence-corrected chi connectivity index (χ3v) is 6.41. The van der Waals surface area contributed by atoms with Crippen LogP contribution in [-0.2, 0) is 25.8 Å². The van der Waals surface area contributed by atoms with E-state index in [1.165, 1.54) is 36.5 Å². The molecule has 28 heavy (non-hydrogen) atoms. The van der Waals surface area contributed by atoms with Gasteiger partial charge in [-0.1, -0.05) is 35.9 Å². The van der Waals surface area contributed by atoms with E-state index < -0.39 is 20.0 Å². The summed E-state index contributed by atoms with van der Waals surface area (Å²) < 4.78 is 54.3. The van der Waals surface area contributed by atoms with Gasteiger partial charge in [-0.3, -0.25) is 9.44 Å². The van der Waals surface area contributed by atoms with Gasteiger partial charge in [-0.15, -0.1) is 0 Å². The number of benzene rings is 2. The third kappa shape index (κ3) is 5.30. The maximum absolute atomic E-state index is 12.4. The molecule has 7 nitrogen and oxygen atoms in total. The van der Waals surface area contributed by atoms with Crippen molar-refractivity contribution in [3.63, 3.8) is 0 Å². The zero-order valence-electron chi connectivity index (χ0n) is 15.0. The van der Waals surface area contributed by atoms with Crippen molar-refractivity contribution in [1.82, 2.24) is 4.98 Å². The SMILES string of the molecule is Cc1cccc(CS(=O)(=O)Nc2ccc(S(=O)(=O)Nc3ccccn3)cc2)c1. The van der Waals surface area contributed by atoms with Crippen LogP contribution >= 0.6 is 0 Å². The second kappa shape index (κ2) is 7.99. The van der Waals surface area contributed by atoms with Crippen LogP contribution in [-0.4, -0.2) is 21.8 Å². The fraction of sp³-hybridized carbons (Fsp3) is 0.105. The first-order chi connectivity index (χ1) is 13.2. The molecule has 3 aromatic rings. The molecule has 0 spiro atoms. The van der Waals surface area contributed by atoms with Gasteiger partial charge in [-0.05, 0) is 48.9 Å². The smallest absolute Gasteiger partial charge is 0.263 e. The largest absolute Gasteiger partial charge is 0.283 e. The van der Waals surface area contributed by atoms with Crippen molar-refractivity contribution in [3.8, 4) is 0 Å². The van der Waals surface area contributed by atoms with E-state index in [9.17, 15) is 16.8 Å². The Morgan fingerprint density at radius 3 is 2.25 bits per heavy atom. The molecule has 0 aliphatic heterocycles. The summed E-state index contributed by atoms with van der Waals surface area (Å²) in [5.41, 5.74) is 1.93. The van der Waals surface area contributed by atoms with Crippen LogP contribution in [0.4, 0.5) is 11.5 Å². The molecule has 9 heteroatoms. The molecule has 0 atom stereocenters. The van der Waals surface area contributed by atoms with E-state index in [0.717, 1.165) is 5.56 Å². The van der Waals surface area contributed by atoms with Gasteiger partial charge in [0.05, 0.1) is 10.6 Å². The lowest BCUT2D eigenvalue weighted by Crippen LogP contribution is -2.16. The molecule has 0 amide bonds. The Kier molecular flexibility index (Phi) is 5.66. The Morgan fingerprint density at radius 1 is 0.857 bits per heavy atom. The summed E-state index contributed by atoms with van der Waals surface area (Å²) in [6.07, 6.45) is 1.48. The summed E-state index contributed by atoms with van der Waals surface area (Å²) in [7, 11) is -7.44. The normalized spacial score (nSPS) is 11.8. The number of hydrogen-bond donors (Lipinski definition) is 2. The number of nitrogens with zero attached hydrogens (tertiary/aromatic N) is 1. The maximum Gasteiger partial charge on any atom is 0.263 e. The van der Waals surface area contributed by atoms with Crippen LogP contribution in [0, 0.1) is 6.92 Å². The van der Waals surface area contributed by atoms with Crippen molar-refractivity contribution >= 4 is 31.6 Å². The summed E-state index contributed by atoms with van der Waals surface area (Å²) in [5.74, 6) is 0.0288. The zero-order chi connectivity index (χ0) is 20.2. The first-order valence-electron chi connectivity index (χ1n) is 8.33. The van der Waals surface area contributed by atoms with Gasteiger partial charge >= 0.3 is 0 Å². The minimum absolute atomic E-state index is 0.000199. The van der Waals surface area contributed by atoms with Crippen LogP contribution in [0.2, 0.25) is 0 Å². The molecule has 0 aliphatic rings. The average molecular weight is 418 g/mol. The lowest BCUT2D eigenvalue weighted by atomic mass is 10.2. The van der Waals surface area contributed by atoms with E-state index in [0.29, 0.717) is 5.56 Å². The predicted molar refractivity (Wildman–Crippen MR) is 109 cm³/mol. The van der Waals surface area contributed by atoms with Crippen LogP contribution in [0.3, 0.4) is 0 Å². The summed E-state index contributed by atoms with van der Waals surface area (Å²) in [6, 6.07) is 17.6. The Bertz CT molecular complexity index is 1160. The van der Waals surface area contributed by atoms with E-state index in [4.69, 9.17) is 0 Å². The lowest BCUT2D eigenvalue weighted by Gasteiger charge is -2.10. The van der Waals surface area contributed by atoms with Gasteiger partial charge in [0.25, 0.3) is 10.0 Å². The Morgan fingerprint density at radius 2 is 1.61 bits per heavy atom. The number of aromatic nitrogens is 1. The van der Waals surface area contributed by atoms with Crippen molar-refractivity contribution in [2.45, 2.75) is 17.6 Å². The molecular formula is C19H19N3O4S2. The standard InChI is InChI=1S/C19H19N3O4S2/c1-15-5-4-6-16(13-15)14-27(23,24)21-17-8-10-18(11-9-17)28(25,26)22-19-7-2-3-12-20-19/h2-13,21H,14H2,1H3,(H,20,22). The fourth-order valence-electron chi connectivity index (χ4n) is 2.56. The van der Waals surface area contributed by atoms with E-state index in [1.54, 1.807) is 30.3 Å².